The van der Waals surface area contributed by atoms with Crippen LogP contribution in [0.25, 0.3) is 0 Å². The van der Waals surface area contributed by atoms with Gasteiger partial charge in [0.05, 0.1) is 11.6 Å². The molecule has 2 aromatic rings. The zero-order valence-corrected chi connectivity index (χ0v) is 14.0. The van der Waals surface area contributed by atoms with E-state index in [0.717, 1.165) is 17.9 Å². The molecular formula is C19H19N3O3. The normalized spacial score (nSPS) is 14.6. The molecule has 1 fully saturated rings. The number of rotatable bonds is 6. The average Bonchev–Trinajstić information content (AvgIpc) is 2.57. The van der Waals surface area contributed by atoms with Gasteiger partial charge < -0.3 is 9.84 Å². The molecule has 0 bridgehead atoms. The zero-order chi connectivity index (χ0) is 17.8. The number of carboxylic acids is 1. The number of carboxylic acid groups (broad SMARTS) is 1. The number of benzene rings is 1. The fourth-order valence-electron chi connectivity index (χ4n) is 2.81. The number of pyridine rings is 1. The third-order valence-corrected chi connectivity index (χ3v) is 4.32. The van der Waals surface area contributed by atoms with Crippen LogP contribution in [0.5, 0.6) is 5.75 Å². The van der Waals surface area contributed by atoms with E-state index in [9.17, 15) is 4.79 Å². The Morgan fingerprint density at radius 1 is 1.40 bits per heavy atom. The number of likely N-dealkylation sites (tertiary alicyclic amines) is 1. The molecule has 1 saturated heterocycles. The van der Waals surface area contributed by atoms with E-state index in [1.54, 1.807) is 12.1 Å². The molecule has 0 atom stereocenters. The second kappa shape index (κ2) is 7.32. The molecule has 128 valence electrons. The smallest absolute Gasteiger partial charge is 0.309 e. The highest BCUT2D eigenvalue weighted by Crippen LogP contribution is 2.23. The number of ether oxygens (including phenoxy) is 1. The zero-order valence-electron chi connectivity index (χ0n) is 14.0. The molecule has 0 radical (unpaired) electrons. The number of hydrogen-bond acceptors (Lipinski definition) is 5. The molecule has 0 unspecified atom stereocenters. The van der Waals surface area contributed by atoms with Crippen molar-refractivity contribution in [3.63, 3.8) is 0 Å². The van der Waals surface area contributed by atoms with Crippen molar-refractivity contribution in [3.8, 4) is 11.8 Å². The van der Waals surface area contributed by atoms with Crippen LogP contribution in [0.4, 0.5) is 0 Å². The standard InChI is InChI=1S/C19H19N3O3/c1-13-7-18(25-12-17-4-2-3-16(8-20)21-17)6-5-14(13)9-22-10-15(11-22)19(23)24/h2-7,15H,9-12H2,1H3,(H,23,24). The summed E-state index contributed by atoms with van der Waals surface area (Å²) in [7, 11) is 0. The summed E-state index contributed by atoms with van der Waals surface area (Å²) in [5.74, 6) is -0.206. The van der Waals surface area contributed by atoms with Crippen molar-refractivity contribution >= 4 is 5.97 Å². The molecular weight excluding hydrogens is 318 g/mol. The van der Waals surface area contributed by atoms with Gasteiger partial charge in [0.15, 0.2) is 0 Å². The molecule has 1 aliphatic rings. The molecule has 6 heteroatoms. The Morgan fingerprint density at radius 2 is 2.20 bits per heavy atom. The van der Waals surface area contributed by atoms with Crippen LogP contribution in [0.15, 0.2) is 36.4 Å². The van der Waals surface area contributed by atoms with Gasteiger partial charge in [0, 0.05) is 19.6 Å². The summed E-state index contributed by atoms with van der Waals surface area (Å²) in [6.07, 6.45) is 0. The van der Waals surface area contributed by atoms with Crippen molar-refractivity contribution in [2.24, 2.45) is 5.92 Å². The van der Waals surface area contributed by atoms with Gasteiger partial charge in [0.25, 0.3) is 0 Å². The van der Waals surface area contributed by atoms with E-state index in [2.05, 4.69) is 9.88 Å². The summed E-state index contributed by atoms with van der Waals surface area (Å²) < 4.78 is 5.76. The Bertz CT molecular complexity index is 823. The van der Waals surface area contributed by atoms with Crippen LogP contribution in [-0.4, -0.2) is 34.0 Å². The first-order valence-corrected chi connectivity index (χ1v) is 8.08. The van der Waals surface area contributed by atoms with Crippen LogP contribution in [0.2, 0.25) is 0 Å². The van der Waals surface area contributed by atoms with E-state index < -0.39 is 5.97 Å². The molecule has 3 rings (SSSR count). The van der Waals surface area contributed by atoms with E-state index in [4.69, 9.17) is 15.1 Å². The first-order valence-electron chi connectivity index (χ1n) is 8.08. The fraction of sp³-hybridized carbons (Fsp3) is 0.316. The number of carbonyl (C=O) groups is 1. The summed E-state index contributed by atoms with van der Waals surface area (Å²) >= 11 is 0. The number of aryl methyl sites for hydroxylation is 1. The summed E-state index contributed by atoms with van der Waals surface area (Å²) in [6.45, 7) is 4.29. The Morgan fingerprint density at radius 3 is 2.88 bits per heavy atom. The largest absolute Gasteiger partial charge is 0.487 e. The molecule has 0 spiro atoms. The first-order chi connectivity index (χ1) is 12.0. The van der Waals surface area contributed by atoms with Crippen molar-refractivity contribution in [2.45, 2.75) is 20.1 Å². The number of nitriles is 1. The quantitative estimate of drug-likeness (QED) is 0.871. The highest BCUT2D eigenvalue weighted by Gasteiger charge is 2.32. The van der Waals surface area contributed by atoms with Gasteiger partial charge in [-0.1, -0.05) is 12.1 Å². The lowest BCUT2D eigenvalue weighted by Gasteiger charge is -2.36. The highest BCUT2D eigenvalue weighted by molar-refractivity contribution is 5.71. The van der Waals surface area contributed by atoms with Gasteiger partial charge in [-0.2, -0.15) is 5.26 Å². The van der Waals surface area contributed by atoms with E-state index in [-0.39, 0.29) is 5.92 Å². The maximum atomic E-state index is 10.9. The summed E-state index contributed by atoms with van der Waals surface area (Å²) in [5, 5.41) is 17.8. The van der Waals surface area contributed by atoms with E-state index in [0.29, 0.717) is 31.1 Å². The van der Waals surface area contributed by atoms with E-state index >= 15 is 0 Å². The fourth-order valence-corrected chi connectivity index (χ4v) is 2.81. The first kappa shape index (κ1) is 16.9. The second-order valence-corrected chi connectivity index (χ2v) is 6.23. The van der Waals surface area contributed by atoms with Crippen LogP contribution in [0.1, 0.15) is 22.5 Å². The number of nitrogens with zero attached hydrogens (tertiary/aromatic N) is 3. The topological polar surface area (TPSA) is 86.5 Å². The van der Waals surface area contributed by atoms with Crippen molar-refractivity contribution in [2.75, 3.05) is 13.1 Å². The molecule has 0 aliphatic carbocycles. The molecule has 0 amide bonds. The minimum Gasteiger partial charge on any atom is -0.487 e. The van der Waals surface area contributed by atoms with Crippen molar-refractivity contribution in [1.29, 1.82) is 5.26 Å². The summed E-state index contributed by atoms with van der Waals surface area (Å²) in [6, 6.07) is 13.2. The lowest BCUT2D eigenvalue weighted by molar-refractivity contribution is -0.147. The van der Waals surface area contributed by atoms with Gasteiger partial charge in [0.1, 0.15) is 24.1 Å². The molecule has 1 N–H and O–H groups in total. The van der Waals surface area contributed by atoms with Crippen molar-refractivity contribution in [3.05, 3.63) is 58.9 Å². The van der Waals surface area contributed by atoms with Crippen molar-refractivity contribution in [1.82, 2.24) is 9.88 Å². The molecule has 6 nitrogen and oxygen atoms in total. The Balaban J connectivity index is 1.56. The average molecular weight is 337 g/mol. The third-order valence-electron chi connectivity index (χ3n) is 4.32. The van der Waals surface area contributed by atoms with Gasteiger partial charge in [-0.3, -0.25) is 9.69 Å². The molecule has 2 heterocycles. The predicted molar refractivity (Wildman–Crippen MR) is 90.9 cm³/mol. The van der Waals surface area contributed by atoms with Gasteiger partial charge in [-0.15, -0.1) is 0 Å². The highest BCUT2D eigenvalue weighted by atomic mass is 16.5. The Kier molecular flexibility index (Phi) is 4.96. The van der Waals surface area contributed by atoms with Crippen LogP contribution in [0.3, 0.4) is 0 Å². The van der Waals surface area contributed by atoms with Gasteiger partial charge in [-0.25, -0.2) is 4.98 Å². The number of aromatic nitrogens is 1. The van der Waals surface area contributed by atoms with Crippen LogP contribution >= 0.6 is 0 Å². The molecule has 0 saturated carbocycles. The van der Waals surface area contributed by atoms with E-state index in [1.807, 2.05) is 37.3 Å². The van der Waals surface area contributed by atoms with E-state index in [1.165, 1.54) is 5.56 Å². The van der Waals surface area contributed by atoms with Gasteiger partial charge >= 0.3 is 5.97 Å². The molecule has 1 aliphatic heterocycles. The minimum absolute atomic E-state index is 0.236. The monoisotopic (exact) mass is 337 g/mol. The molecule has 25 heavy (non-hydrogen) atoms. The van der Waals surface area contributed by atoms with Crippen LogP contribution < -0.4 is 4.74 Å². The Hall–Kier alpha value is -2.91. The maximum absolute atomic E-state index is 10.9. The summed E-state index contributed by atoms with van der Waals surface area (Å²) in [5.41, 5.74) is 3.36. The Labute approximate surface area is 146 Å². The lowest BCUT2D eigenvalue weighted by atomic mass is 9.98. The maximum Gasteiger partial charge on any atom is 0.309 e. The number of hydrogen-bond donors (Lipinski definition) is 1. The third kappa shape index (κ3) is 4.14. The van der Waals surface area contributed by atoms with Gasteiger partial charge in [0.2, 0.25) is 0 Å². The van der Waals surface area contributed by atoms with Crippen molar-refractivity contribution < 1.29 is 14.6 Å². The van der Waals surface area contributed by atoms with Crippen LogP contribution in [0, 0.1) is 24.2 Å². The second-order valence-electron chi connectivity index (χ2n) is 6.23. The van der Waals surface area contributed by atoms with Gasteiger partial charge in [-0.05, 0) is 42.3 Å². The number of aliphatic carboxylic acids is 1. The minimum atomic E-state index is -0.717. The summed E-state index contributed by atoms with van der Waals surface area (Å²) in [4.78, 5) is 17.2. The SMILES string of the molecule is Cc1cc(OCc2cccc(C#N)n2)ccc1CN1CC(C(=O)O)C1. The lowest BCUT2D eigenvalue weighted by Crippen LogP contribution is -2.49. The molecule has 1 aromatic heterocycles. The molecule has 1 aromatic carbocycles. The predicted octanol–water partition coefficient (Wildman–Crippen LogP) is 2.36. The van der Waals surface area contributed by atoms with Crippen LogP contribution in [-0.2, 0) is 17.9 Å².